The molecular weight excluding hydrogens is 373 g/mol. The van der Waals surface area contributed by atoms with Gasteiger partial charge in [-0.15, -0.1) is 0 Å². The highest BCUT2D eigenvalue weighted by Crippen LogP contribution is 2.12. The van der Waals surface area contributed by atoms with E-state index in [1.54, 1.807) is 29.9 Å². The van der Waals surface area contributed by atoms with E-state index in [0.717, 1.165) is 11.3 Å². The van der Waals surface area contributed by atoms with E-state index in [9.17, 15) is 14.0 Å². The van der Waals surface area contributed by atoms with Gasteiger partial charge in [-0.1, -0.05) is 37.3 Å². The Kier molecular flexibility index (Phi) is 6.73. The highest BCUT2D eigenvalue weighted by molar-refractivity contribution is 5.81. The molecule has 0 radical (unpaired) electrons. The van der Waals surface area contributed by atoms with Crippen LogP contribution < -0.4 is 5.32 Å². The molecule has 0 aliphatic rings. The number of nitrogens with one attached hydrogen (secondary N) is 1. The zero-order valence-corrected chi connectivity index (χ0v) is 16.0. The molecule has 1 unspecified atom stereocenters. The molecule has 0 aliphatic heterocycles. The minimum Gasteiger partial charge on any atom is -0.455 e. The van der Waals surface area contributed by atoms with Crippen LogP contribution in [0.15, 0.2) is 67.0 Å². The summed E-state index contributed by atoms with van der Waals surface area (Å²) >= 11 is 0. The van der Waals surface area contributed by atoms with Gasteiger partial charge in [0.2, 0.25) is 0 Å². The lowest BCUT2D eigenvalue weighted by atomic mass is 10.0. The van der Waals surface area contributed by atoms with Crippen molar-refractivity contribution in [2.75, 3.05) is 6.61 Å². The van der Waals surface area contributed by atoms with Crippen LogP contribution in [-0.4, -0.2) is 28.3 Å². The average molecular weight is 395 g/mol. The summed E-state index contributed by atoms with van der Waals surface area (Å²) in [5.74, 6) is -1.73. The van der Waals surface area contributed by atoms with Crippen LogP contribution >= 0.6 is 0 Å². The Hall–Kier alpha value is -3.48. The van der Waals surface area contributed by atoms with Crippen LogP contribution in [0.1, 0.15) is 18.1 Å². The molecule has 1 N–H and O–H groups in total. The number of rotatable bonds is 8. The van der Waals surface area contributed by atoms with E-state index in [2.05, 4.69) is 10.4 Å². The highest BCUT2D eigenvalue weighted by atomic mass is 19.1. The Morgan fingerprint density at radius 2 is 1.93 bits per heavy atom. The zero-order chi connectivity index (χ0) is 20.6. The lowest BCUT2D eigenvalue weighted by Crippen LogP contribution is -2.29. The van der Waals surface area contributed by atoms with E-state index in [0.29, 0.717) is 12.0 Å². The predicted octanol–water partition coefficient (Wildman–Crippen LogP) is 3.05. The second-order valence-corrected chi connectivity index (χ2v) is 6.75. The van der Waals surface area contributed by atoms with Gasteiger partial charge in [0.15, 0.2) is 6.61 Å². The number of ether oxygens (including phenoxy) is 1. The third kappa shape index (κ3) is 6.00. The van der Waals surface area contributed by atoms with E-state index >= 15 is 0 Å². The topological polar surface area (TPSA) is 73.2 Å². The van der Waals surface area contributed by atoms with Crippen molar-refractivity contribution in [3.8, 4) is 5.69 Å². The lowest BCUT2D eigenvalue weighted by Gasteiger charge is -2.11. The van der Waals surface area contributed by atoms with Gasteiger partial charge in [0.1, 0.15) is 5.82 Å². The molecule has 0 spiro atoms. The van der Waals surface area contributed by atoms with Gasteiger partial charge in [-0.3, -0.25) is 9.59 Å². The minimum absolute atomic E-state index is 0.280. The summed E-state index contributed by atoms with van der Waals surface area (Å²) in [5, 5.41) is 6.96. The smallest absolute Gasteiger partial charge is 0.309 e. The predicted molar refractivity (Wildman–Crippen MR) is 106 cm³/mol. The number of benzene rings is 2. The van der Waals surface area contributed by atoms with Crippen molar-refractivity contribution in [2.24, 2.45) is 5.92 Å². The first-order valence-electron chi connectivity index (χ1n) is 9.28. The number of carbonyl (C=O) groups excluding carboxylic acids is 2. The summed E-state index contributed by atoms with van der Waals surface area (Å²) in [5.41, 5.74) is 2.45. The van der Waals surface area contributed by atoms with Crippen molar-refractivity contribution in [3.63, 3.8) is 0 Å². The van der Waals surface area contributed by atoms with E-state index in [-0.39, 0.29) is 19.0 Å². The molecule has 0 saturated heterocycles. The molecule has 150 valence electrons. The number of esters is 1. The van der Waals surface area contributed by atoms with Crippen molar-refractivity contribution in [3.05, 3.63) is 83.9 Å². The second kappa shape index (κ2) is 9.64. The second-order valence-electron chi connectivity index (χ2n) is 6.75. The van der Waals surface area contributed by atoms with Gasteiger partial charge in [-0.05, 0) is 36.2 Å². The third-order valence-electron chi connectivity index (χ3n) is 4.33. The van der Waals surface area contributed by atoms with Crippen LogP contribution in [0.2, 0.25) is 0 Å². The van der Waals surface area contributed by atoms with Crippen LogP contribution in [0.4, 0.5) is 4.39 Å². The molecule has 0 saturated carbocycles. The summed E-state index contributed by atoms with van der Waals surface area (Å²) in [4.78, 5) is 24.0. The molecule has 3 aromatic rings. The monoisotopic (exact) mass is 395 g/mol. The van der Waals surface area contributed by atoms with Gasteiger partial charge >= 0.3 is 5.97 Å². The van der Waals surface area contributed by atoms with E-state index in [4.69, 9.17) is 4.74 Å². The van der Waals surface area contributed by atoms with Crippen LogP contribution in [0.5, 0.6) is 0 Å². The van der Waals surface area contributed by atoms with Crippen molar-refractivity contribution < 1.29 is 18.7 Å². The van der Waals surface area contributed by atoms with Gasteiger partial charge in [-0.25, -0.2) is 9.07 Å². The van der Waals surface area contributed by atoms with E-state index < -0.39 is 17.8 Å². The molecule has 0 bridgehead atoms. The van der Waals surface area contributed by atoms with Crippen LogP contribution in [-0.2, 0) is 27.3 Å². The standard InChI is InChI=1S/C22H22FN3O3/c1-16(10-17-6-5-7-19(23)11-17)22(28)29-15-21(27)24-12-18-13-25-26(14-18)20-8-3-2-4-9-20/h2-9,11,13-14,16H,10,12,15H2,1H3,(H,24,27). The van der Waals surface area contributed by atoms with Crippen molar-refractivity contribution in [2.45, 2.75) is 19.9 Å². The molecule has 29 heavy (non-hydrogen) atoms. The lowest BCUT2D eigenvalue weighted by molar-refractivity contribution is -0.152. The number of nitrogens with zero attached hydrogens (tertiary/aromatic N) is 2. The Bertz CT molecular complexity index is 972. The number of aromatic nitrogens is 2. The molecule has 1 aromatic heterocycles. The van der Waals surface area contributed by atoms with Crippen molar-refractivity contribution >= 4 is 11.9 Å². The Morgan fingerprint density at radius 1 is 1.14 bits per heavy atom. The first-order valence-corrected chi connectivity index (χ1v) is 9.28. The fourth-order valence-electron chi connectivity index (χ4n) is 2.80. The highest BCUT2D eigenvalue weighted by Gasteiger charge is 2.17. The minimum atomic E-state index is -0.499. The molecule has 1 heterocycles. The summed E-state index contributed by atoms with van der Waals surface area (Å²) in [6.07, 6.45) is 3.83. The first-order chi connectivity index (χ1) is 14.0. The molecule has 7 heteroatoms. The molecule has 0 fully saturated rings. The Morgan fingerprint density at radius 3 is 2.69 bits per heavy atom. The normalized spacial score (nSPS) is 11.7. The van der Waals surface area contributed by atoms with Gasteiger partial charge < -0.3 is 10.1 Å². The Balaban J connectivity index is 1.41. The number of hydrogen-bond acceptors (Lipinski definition) is 4. The fourth-order valence-corrected chi connectivity index (χ4v) is 2.80. The Labute approximate surface area is 168 Å². The van der Waals surface area contributed by atoms with Crippen LogP contribution in [0.3, 0.4) is 0 Å². The summed E-state index contributed by atoms with van der Waals surface area (Å²) in [6, 6.07) is 15.7. The average Bonchev–Trinajstić information content (AvgIpc) is 3.20. The number of para-hydroxylation sites is 1. The third-order valence-corrected chi connectivity index (χ3v) is 4.33. The number of amides is 1. The molecule has 3 rings (SSSR count). The number of halogens is 1. The van der Waals surface area contributed by atoms with E-state index in [1.807, 2.05) is 36.5 Å². The van der Waals surface area contributed by atoms with Crippen LogP contribution in [0, 0.1) is 11.7 Å². The van der Waals surface area contributed by atoms with Gasteiger partial charge in [0.05, 0.1) is 17.8 Å². The number of hydrogen-bond donors (Lipinski definition) is 1. The largest absolute Gasteiger partial charge is 0.455 e. The summed E-state index contributed by atoms with van der Waals surface area (Å²) in [6.45, 7) is 1.60. The SMILES string of the molecule is CC(Cc1cccc(F)c1)C(=O)OCC(=O)NCc1cnn(-c2ccccc2)c1. The van der Waals surface area contributed by atoms with Crippen molar-refractivity contribution in [1.29, 1.82) is 0 Å². The maximum atomic E-state index is 13.2. The zero-order valence-electron chi connectivity index (χ0n) is 16.0. The number of carbonyl (C=O) groups is 2. The quantitative estimate of drug-likeness (QED) is 0.595. The maximum Gasteiger partial charge on any atom is 0.309 e. The van der Waals surface area contributed by atoms with Crippen LogP contribution in [0.25, 0.3) is 5.69 Å². The molecule has 0 aliphatic carbocycles. The van der Waals surface area contributed by atoms with E-state index in [1.165, 1.54) is 12.1 Å². The fraction of sp³-hybridized carbons (Fsp3) is 0.227. The molecular formula is C22H22FN3O3. The first kappa shape index (κ1) is 20.3. The molecule has 1 atom stereocenters. The van der Waals surface area contributed by atoms with Gasteiger partial charge in [-0.2, -0.15) is 5.10 Å². The van der Waals surface area contributed by atoms with Gasteiger partial charge in [0, 0.05) is 18.3 Å². The molecule has 1 amide bonds. The van der Waals surface area contributed by atoms with Gasteiger partial charge in [0.25, 0.3) is 5.91 Å². The molecule has 6 nitrogen and oxygen atoms in total. The summed E-state index contributed by atoms with van der Waals surface area (Å²) < 4.78 is 20.0. The van der Waals surface area contributed by atoms with Crippen molar-refractivity contribution in [1.82, 2.24) is 15.1 Å². The maximum absolute atomic E-state index is 13.2. The summed E-state index contributed by atoms with van der Waals surface area (Å²) in [7, 11) is 0. The molecule has 2 aromatic carbocycles.